The van der Waals surface area contributed by atoms with E-state index in [1.54, 1.807) is 4.90 Å². The Hall–Kier alpha value is -3.01. The lowest BCUT2D eigenvalue weighted by atomic mass is 10.2. The highest BCUT2D eigenvalue weighted by Gasteiger charge is 2.34. The fraction of sp³-hybridized carbons (Fsp3) is 0.476. The number of nitrogens with one attached hydrogen (secondary N) is 2. The average Bonchev–Trinajstić information content (AvgIpc) is 3.53. The molecule has 2 amide bonds. The van der Waals surface area contributed by atoms with Gasteiger partial charge in [0.1, 0.15) is 11.9 Å². The Bertz CT molecular complexity index is 1120. The van der Waals surface area contributed by atoms with E-state index in [2.05, 4.69) is 38.5 Å². The zero-order valence-corrected chi connectivity index (χ0v) is 18.2. The Balaban J connectivity index is 1.19. The summed E-state index contributed by atoms with van der Waals surface area (Å²) >= 11 is 1.39. The molecule has 162 valence electrons. The fourth-order valence-corrected chi connectivity index (χ4v) is 5.23. The summed E-state index contributed by atoms with van der Waals surface area (Å²) in [5, 5.41) is 12.9. The maximum Gasteiger partial charge on any atom is 0.242 e. The first-order chi connectivity index (χ1) is 15.1. The summed E-state index contributed by atoms with van der Waals surface area (Å²) in [5.74, 6) is 0.964. The number of hydrogen-bond acceptors (Lipinski definition) is 7. The molecule has 2 fully saturated rings. The lowest BCUT2D eigenvalue weighted by molar-refractivity contribution is -0.122. The van der Waals surface area contributed by atoms with E-state index in [0.717, 1.165) is 42.7 Å². The number of anilines is 2. The van der Waals surface area contributed by atoms with E-state index in [0.29, 0.717) is 36.2 Å². The van der Waals surface area contributed by atoms with Gasteiger partial charge in [-0.3, -0.25) is 14.5 Å². The number of amides is 2. The van der Waals surface area contributed by atoms with Gasteiger partial charge < -0.3 is 15.2 Å². The molecule has 0 spiro atoms. The van der Waals surface area contributed by atoms with E-state index < -0.39 is 0 Å². The number of H-pyrrole nitrogens is 1. The van der Waals surface area contributed by atoms with Crippen LogP contribution in [0.5, 0.6) is 0 Å². The first-order valence-electron chi connectivity index (χ1n) is 10.7. The molecule has 4 heterocycles. The molecule has 0 aliphatic carbocycles. The van der Waals surface area contributed by atoms with Crippen molar-refractivity contribution in [3.8, 4) is 0 Å². The van der Waals surface area contributed by atoms with Gasteiger partial charge in [0.2, 0.25) is 22.1 Å². The van der Waals surface area contributed by atoms with Crippen LogP contribution in [0.15, 0.2) is 18.2 Å². The van der Waals surface area contributed by atoms with Gasteiger partial charge in [-0.1, -0.05) is 17.4 Å². The van der Waals surface area contributed by atoms with Gasteiger partial charge in [-0.25, -0.2) is 4.98 Å². The summed E-state index contributed by atoms with van der Waals surface area (Å²) in [6, 6.07) is 5.87. The highest BCUT2D eigenvalue weighted by Crippen LogP contribution is 2.33. The van der Waals surface area contributed by atoms with E-state index >= 15 is 0 Å². The first-order valence-corrected chi connectivity index (χ1v) is 11.5. The number of carbonyl (C=O) groups excluding carboxylic acids is 2. The lowest BCUT2D eigenvalue weighted by Crippen LogP contribution is -2.44. The van der Waals surface area contributed by atoms with Gasteiger partial charge in [0.25, 0.3) is 0 Å². The van der Waals surface area contributed by atoms with Crippen molar-refractivity contribution < 1.29 is 9.59 Å². The third-order valence-corrected chi connectivity index (χ3v) is 6.84. The van der Waals surface area contributed by atoms with Crippen molar-refractivity contribution in [1.82, 2.24) is 25.5 Å². The molecule has 9 nitrogen and oxygen atoms in total. The van der Waals surface area contributed by atoms with Gasteiger partial charge in [-0.05, 0) is 43.9 Å². The quantitative estimate of drug-likeness (QED) is 0.610. The molecule has 2 N–H and O–H groups in total. The van der Waals surface area contributed by atoms with Gasteiger partial charge >= 0.3 is 0 Å². The van der Waals surface area contributed by atoms with Crippen LogP contribution in [-0.4, -0.2) is 57.7 Å². The van der Waals surface area contributed by atoms with Crippen molar-refractivity contribution in [2.45, 2.75) is 45.1 Å². The Kier molecular flexibility index (Phi) is 5.31. The van der Waals surface area contributed by atoms with Gasteiger partial charge in [0.05, 0.1) is 11.0 Å². The second kappa shape index (κ2) is 8.26. The van der Waals surface area contributed by atoms with Gasteiger partial charge in [-0.15, -0.1) is 10.2 Å². The van der Waals surface area contributed by atoms with Crippen molar-refractivity contribution in [2.24, 2.45) is 0 Å². The molecule has 3 aromatic rings. The zero-order chi connectivity index (χ0) is 21.4. The summed E-state index contributed by atoms with van der Waals surface area (Å²) in [4.78, 5) is 36.5. The number of hydrogen-bond donors (Lipinski definition) is 2. The third kappa shape index (κ3) is 3.99. The molecule has 2 aliphatic rings. The van der Waals surface area contributed by atoms with Crippen LogP contribution in [0.25, 0.3) is 11.0 Å². The minimum absolute atomic E-state index is 0.00143. The predicted octanol–water partition coefficient (Wildman–Crippen LogP) is 2.18. The molecular formula is C21H25N7O2S. The van der Waals surface area contributed by atoms with Gasteiger partial charge in [0.15, 0.2) is 0 Å². The van der Waals surface area contributed by atoms with E-state index in [1.807, 2.05) is 17.0 Å². The van der Waals surface area contributed by atoms with Crippen molar-refractivity contribution in [2.75, 3.05) is 29.4 Å². The molecule has 2 saturated heterocycles. The number of benzene rings is 1. The Labute approximate surface area is 183 Å². The number of carbonyl (C=O) groups is 2. The molecule has 1 unspecified atom stereocenters. The number of nitrogens with zero attached hydrogens (tertiary/aromatic N) is 5. The molecule has 1 aromatic carbocycles. The van der Waals surface area contributed by atoms with Crippen LogP contribution in [0.2, 0.25) is 0 Å². The summed E-state index contributed by atoms with van der Waals surface area (Å²) in [7, 11) is 0. The Morgan fingerprint density at radius 2 is 2.13 bits per heavy atom. The van der Waals surface area contributed by atoms with E-state index in [9.17, 15) is 9.59 Å². The smallest absolute Gasteiger partial charge is 0.242 e. The Morgan fingerprint density at radius 1 is 1.26 bits per heavy atom. The summed E-state index contributed by atoms with van der Waals surface area (Å²) in [6.07, 6.45) is 3.78. The maximum absolute atomic E-state index is 12.9. The number of aryl methyl sites for hydroxylation is 1. The van der Waals surface area contributed by atoms with Crippen molar-refractivity contribution in [3.05, 3.63) is 29.6 Å². The largest absolute Gasteiger partial charge is 0.354 e. The second-order valence-corrected chi connectivity index (χ2v) is 9.05. The van der Waals surface area contributed by atoms with Crippen LogP contribution in [0, 0.1) is 6.92 Å². The Morgan fingerprint density at radius 3 is 2.97 bits per heavy atom. The van der Waals surface area contributed by atoms with Crippen LogP contribution < -0.4 is 15.1 Å². The molecular weight excluding hydrogens is 414 g/mol. The molecule has 10 heteroatoms. The van der Waals surface area contributed by atoms with E-state index in [1.165, 1.54) is 16.9 Å². The minimum Gasteiger partial charge on any atom is -0.354 e. The minimum atomic E-state index is -0.256. The van der Waals surface area contributed by atoms with Crippen LogP contribution in [-0.2, 0) is 16.0 Å². The predicted molar refractivity (Wildman–Crippen MR) is 119 cm³/mol. The summed E-state index contributed by atoms with van der Waals surface area (Å²) in [5.41, 5.74) is 3.15. The first kappa shape index (κ1) is 19.9. The van der Waals surface area contributed by atoms with Crippen LogP contribution in [0.4, 0.5) is 10.3 Å². The maximum atomic E-state index is 12.9. The van der Waals surface area contributed by atoms with Crippen molar-refractivity contribution >= 4 is 44.4 Å². The molecule has 0 saturated carbocycles. The van der Waals surface area contributed by atoms with Gasteiger partial charge in [0, 0.05) is 32.5 Å². The molecule has 2 aromatic heterocycles. The molecule has 0 radical (unpaired) electrons. The van der Waals surface area contributed by atoms with Crippen molar-refractivity contribution in [1.29, 1.82) is 0 Å². The molecule has 5 rings (SSSR count). The zero-order valence-electron chi connectivity index (χ0n) is 17.4. The van der Waals surface area contributed by atoms with Crippen LogP contribution >= 0.6 is 11.3 Å². The second-order valence-electron chi connectivity index (χ2n) is 8.11. The third-order valence-electron chi connectivity index (χ3n) is 5.86. The van der Waals surface area contributed by atoms with Crippen LogP contribution in [0.3, 0.4) is 0 Å². The molecule has 1 atom stereocenters. The van der Waals surface area contributed by atoms with E-state index in [4.69, 9.17) is 0 Å². The fourth-order valence-electron chi connectivity index (χ4n) is 4.27. The molecule has 31 heavy (non-hydrogen) atoms. The highest BCUT2D eigenvalue weighted by molar-refractivity contribution is 7.19. The number of imidazole rings is 1. The SMILES string of the molecule is Cc1ccc2nc(CCNC(=O)C3CCCN3c3nnc(N4CCCC4=O)s3)[nH]c2c1. The normalized spacial score (nSPS) is 19.0. The van der Waals surface area contributed by atoms with Crippen molar-refractivity contribution in [3.63, 3.8) is 0 Å². The molecule has 2 aliphatic heterocycles. The monoisotopic (exact) mass is 439 g/mol. The van der Waals surface area contributed by atoms with Crippen LogP contribution in [0.1, 0.15) is 37.1 Å². The average molecular weight is 440 g/mol. The number of fused-ring (bicyclic) bond motifs is 1. The standard InChI is InChI=1S/C21H25N7O2S/c1-13-6-7-14-15(12-13)24-17(23-14)8-9-22-19(30)16-4-2-10-27(16)20-25-26-21(31-20)28-11-3-5-18(28)29/h6-7,12,16H,2-5,8-11H2,1H3,(H,22,30)(H,23,24). The summed E-state index contributed by atoms with van der Waals surface area (Å²) in [6.45, 7) is 4.03. The van der Waals surface area contributed by atoms with Gasteiger partial charge in [-0.2, -0.15) is 0 Å². The lowest BCUT2D eigenvalue weighted by Gasteiger charge is -2.22. The molecule has 0 bridgehead atoms. The number of aromatic nitrogens is 4. The topological polar surface area (TPSA) is 107 Å². The number of rotatable bonds is 6. The summed E-state index contributed by atoms with van der Waals surface area (Å²) < 4.78 is 0. The number of aromatic amines is 1. The van der Waals surface area contributed by atoms with E-state index in [-0.39, 0.29) is 17.9 Å². The highest BCUT2D eigenvalue weighted by atomic mass is 32.1.